The van der Waals surface area contributed by atoms with Crippen molar-refractivity contribution in [1.82, 2.24) is 10.9 Å². The Labute approximate surface area is 112 Å². The summed E-state index contributed by atoms with van der Waals surface area (Å²) in [6.45, 7) is 2.11. The number of unbranched alkanes of at least 4 members (excludes halogenated alkanes) is 1. The highest BCUT2D eigenvalue weighted by atomic mass is 16.5. The number of benzene rings is 1. The Balaban J connectivity index is 2.55. The minimum Gasteiger partial charge on any atom is -0.452 e. The van der Waals surface area contributed by atoms with E-state index in [1.165, 1.54) is 7.11 Å². The number of anilines is 1. The Hall–Kier alpha value is -2.24. The van der Waals surface area contributed by atoms with Crippen LogP contribution in [0.2, 0.25) is 0 Å². The zero-order valence-corrected chi connectivity index (χ0v) is 11.2. The molecule has 104 valence electrons. The Kier molecular flexibility index (Phi) is 6.21. The van der Waals surface area contributed by atoms with Gasteiger partial charge in [-0.15, -0.1) is 0 Å². The normalized spacial score (nSPS) is 9.58. The van der Waals surface area contributed by atoms with E-state index in [1.54, 1.807) is 0 Å². The van der Waals surface area contributed by atoms with Gasteiger partial charge >= 0.3 is 12.1 Å². The average molecular weight is 265 g/mol. The fourth-order valence-corrected chi connectivity index (χ4v) is 1.54. The number of urea groups is 1. The fourth-order valence-electron chi connectivity index (χ4n) is 1.54. The molecule has 0 atom stereocenters. The van der Waals surface area contributed by atoms with Crippen LogP contribution in [-0.4, -0.2) is 19.2 Å². The fraction of sp³-hybridized carbons (Fsp3) is 0.385. The Morgan fingerprint density at radius 1 is 1.21 bits per heavy atom. The van der Waals surface area contributed by atoms with Crippen molar-refractivity contribution >= 4 is 17.8 Å². The molecule has 3 amide bonds. The van der Waals surface area contributed by atoms with Crippen molar-refractivity contribution < 1.29 is 14.3 Å². The van der Waals surface area contributed by atoms with Gasteiger partial charge in [-0.05, 0) is 24.5 Å². The molecule has 1 rings (SSSR count). The summed E-state index contributed by atoms with van der Waals surface area (Å²) >= 11 is 0. The summed E-state index contributed by atoms with van der Waals surface area (Å²) in [6, 6.07) is 7.05. The predicted molar refractivity (Wildman–Crippen MR) is 72.7 cm³/mol. The lowest BCUT2D eigenvalue weighted by Crippen LogP contribution is -2.43. The molecule has 0 heterocycles. The van der Waals surface area contributed by atoms with Crippen LogP contribution in [0.25, 0.3) is 0 Å². The second kappa shape index (κ2) is 7.97. The molecule has 1 aromatic carbocycles. The lowest BCUT2D eigenvalue weighted by atomic mass is 10.1. The van der Waals surface area contributed by atoms with Crippen molar-refractivity contribution in [1.29, 1.82) is 0 Å². The van der Waals surface area contributed by atoms with Gasteiger partial charge in [-0.3, -0.25) is 0 Å². The van der Waals surface area contributed by atoms with Crippen LogP contribution in [0.15, 0.2) is 24.3 Å². The molecule has 0 spiro atoms. The van der Waals surface area contributed by atoms with Gasteiger partial charge in [-0.1, -0.05) is 31.5 Å². The number of hydrogen-bond donors (Lipinski definition) is 3. The first-order valence-corrected chi connectivity index (χ1v) is 6.16. The maximum Gasteiger partial charge on any atom is 0.425 e. The van der Waals surface area contributed by atoms with Crippen LogP contribution in [0.5, 0.6) is 0 Å². The topological polar surface area (TPSA) is 79.5 Å². The highest BCUT2D eigenvalue weighted by Gasteiger charge is 2.07. The summed E-state index contributed by atoms with van der Waals surface area (Å²) in [6.07, 6.45) is 2.32. The van der Waals surface area contributed by atoms with Crippen LogP contribution in [0, 0.1) is 0 Å². The summed E-state index contributed by atoms with van der Waals surface area (Å²) in [5, 5.41) is 2.68. The van der Waals surface area contributed by atoms with Gasteiger partial charge in [0.25, 0.3) is 0 Å². The van der Waals surface area contributed by atoms with Crippen LogP contribution >= 0.6 is 0 Å². The zero-order chi connectivity index (χ0) is 14.1. The van der Waals surface area contributed by atoms with Crippen molar-refractivity contribution in [3.63, 3.8) is 0 Å². The van der Waals surface area contributed by atoms with Gasteiger partial charge in [-0.25, -0.2) is 20.4 Å². The number of carbonyl (C=O) groups is 2. The molecule has 0 saturated carbocycles. The summed E-state index contributed by atoms with van der Waals surface area (Å²) in [7, 11) is 1.22. The third kappa shape index (κ3) is 5.29. The first-order chi connectivity index (χ1) is 9.17. The smallest absolute Gasteiger partial charge is 0.425 e. The van der Waals surface area contributed by atoms with Gasteiger partial charge in [0.1, 0.15) is 0 Å². The molecule has 1 aromatic rings. The lowest BCUT2D eigenvalue weighted by Gasteiger charge is -2.11. The van der Waals surface area contributed by atoms with Gasteiger partial charge in [0, 0.05) is 5.69 Å². The number of aryl methyl sites for hydroxylation is 1. The second-order valence-corrected chi connectivity index (χ2v) is 3.96. The van der Waals surface area contributed by atoms with Crippen LogP contribution < -0.4 is 16.2 Å². The quantitative estimate of drug-likeness (QED) is 0.731. The average Bonchev–Trinajstić information content (AvgIpc) is 2.43. The van der Waals surface area contributed by atoms with Crippen molar-refractivity contribution in [2.45, 2.75) is 26.2 Å². The summed E-state index contributed by atoms with van der Waals surface area (Å²) in [5.74, 6) is 0. The molecule has 19 heavy (non-hydrogen) atoms. The number of carbonyl (C=O) groups excluding carboxylic acids is 2. The zero-order valence-electron chi connectivity index (χ0n) is 11.2. The SMILES string of the molecule is CCCCc1ccccc1NC(=O)NNC(=O)OC. The van der Waals surface area contributed by atoms with Crippen molar-refractivity contribution in [2.75, 3.05) is 12.4 Å². The van der Waals surface area contributed by atoms with E-state index < -0.39 is 12.1 Å². The van der Waals surface area contributed by atoms with Gasteiger partial charge in [-0.2, -0.15) is 0 Å². The Morgan fingerprint density at radius 2 is 1.95 bits per heavy atom. The number of para-hydroxylation sites is 1. The Bertz CT molecular complexity index is 435. The summed E-state index contributed by atoms with van der Waals surface area (Å²) in [4.78, 5) is 22.4. The van der Waals surface area contributed by atoms with Gasteiger partial charge in [0.15, 0.2) is 0 Å². The summed E-state index contributed by atoms with van der Waals surface area (Å²) < 4.78 is 4.34. The maximum absolute atomic E-state index is 11.6. The molecule has 0 unspecified atom stereocenters. The number of amides is 3. The third-order valence-electron chi connectivity index (χ3n) is 2.53. The third-order valence-corrected chi connectivity index (χ3v) is 2.53. The van der Waals surface area contributed by atoms with Crippen LogP contribution in [0.3, 0.4) is 0 Å². The van der Waals surface area contributed by atoms with E-state index >= 15 is 0 Å². The molecule has 0 saturated heterocycles. The molecule has 0 aliphatic carbocycles. The summed E-state index contributed by atoms with van der Waals surface area (Å²) in [5.41, 5.74) is 6.09. The van der Waals surface area contributed by atoms with E-state index in [-0.39, 0.29) is 0 Å². The standard InChI is InChI=1S/C13H19N3O3/c1-3-4-7-10-8-5-6-9-11(10)14-12(17)15-16-13(18)19-2/h5-6,8-9H,3-4,7H2,1-2H3,(H,16,18)(H2,14,15,17). The van der Waals surface area contributed by atoms with Gasteiger partial charge in [0.2, 0.25) is 0 Å². The van der Waals surface area contributed by atoms with Crippen molar-refractivity contribution in [3.8, 4) is 0 Å². The number of rotatable bonds is 4. The molecule has 0 aliphatic heterocycles. The highest BCUT2D eigenvalue weighted by molar-refractivity contribution is 5.90. The van der Waals surface area contributed by atoms with Crippen LogP contribution in [0.4, 0.5) is 15.3 Å². The highest BCUT2D eigenvalue weighted by Crippen LogP contribution is 2.17. The minimum atomic E-state index is -0.727. The number of methoxy groups -OCH3 is 1. The van der Waals surface area contributed by atoms with Crippen LogP contribution in [-0.2, 0) is 11.2 Å². The van der Waals surface area contributed by atoms with E-state index in [1.807, 2.05) is 24.3 Å². The van der Waals surface area contributed by atoms with E-state index in [2.05, 4.69) is 27.8 Å². The molecule has 3 N–H and O–H groups in total. The monoisotopic (exact) mass is 265 g/mol. The van der Waals surface area contributed by atoms with E-state index in [9.17, 15) is 9.59 Å². The predicted octanol–water partition coefficient (Wildman–Crippen LogP) is 2.42. The first-order valence-electron chi connectivity index (χ1n) is 6.16. The van der Waals surface area contributed by atoms with Gasteiger partial charge in [0.05, 0.1) is 7.11 Å². The van der Waals surface area contributed by atoms with Crippen LogP contribution in [0.1, 0.15) is 25.3 Å². The number of hydrazine groups is 1. The van der Waals surface area contributed by atoms with E-state index in [4.69, 9.17) is 0 Å². The largest absolute Gasteiger partial charge is 0.452 e. The minimum absolute atomic E-state index is 0.519. The maximum atomic E-state index is 11.6. The number of ether oxygens (including phenoxy) is 1. The molecule has 0 radical (unpaired) electrons. The van der Waals surface area contributed by atoms with E-state index in [0.717, 1.165) is 30.5 Å². The Morgan fingerprint density at radius 3 is 2.63 bits per heavy atom. The molecular formula is C13H19N3O3. The number of hydrogen-bond acceptors (Lipinski definition) is 3. The van der Waals surface area contributed by atoms with Gasteiger partial charge < -0.3 is 10.1 Å². The molecule has 0 fully saturated rings. The molecule has 0 aromatic heterocycles. The van der Waals surface area contributed by atoms with E-state index in [0.29, 0.717) is 0 Å². The second-order valence-electron chi connectivity index (χ2n) is 3.96. The molecule has 6 heteroatoms. The lowest BCUT2D eigenvalue weighted by molar-refractivity contribution is 0.166. The van der Waals surface area contributed by atoms with Crippen molar-refractivity contribution in [3.05, 3.63) is 29.8 Å². The molecule has 0 aliphatic rings. The molecule has 6 nitrogen and oxygen atoms in total. The van der Waals surface area contributed by atoms with Crippen molar-refractivity contribution in [2.24, 2.45) is 0 Å². The first kappa shape index (κ1) is 14.8. The number of nitrogens with one attached hydrogen (secondary N) is 3. The molecular weight excluding hydrogens is 246 g/mol. The molecule has 0 bridgehead atoms.